The van der Waals surface area contributed by atoms with Gasteiger partial charge >= 0.3 is 0 Å². The Hall–Kier alpha value is -1.36. The van der Waals surface area contributed by atoms with E-state index in [2.05, 4.69) is 15.5 Å². The first-order valence-electron chi connectivity index (χ1n) is 6.23. The van der Waals surface area contributed by atoms with E-state index in [0.29, 0.717) is 18.2 Å². The molecule has 2 rings (SSSR count). The molecule has 5 heteroatoms. The van der Waals surface area contributed by atoms with Crippen LogP contribution in [0.3, 0.4) is 0 Å². The number of amides is 1. The van der Waals surface area contributed by atoms with Crippen LogP contribution < -0.4 is 11.1 Å². The Bertz CT molecular complexity index is 388. The second kappa shape index (κ2) is 5.31. The third-order valence-electron chi connectivity index (χ3n) is 3.47. The Morgan fingerprint density at radius 2 is 2.35 bits per heavy atom. The minimum absolute atomic E-state index is 0.0975. The van der Waals surface area contributed by atoms with Gasteiger partial charge in [0.25, 0.3) is 5.91 Å². The van der Waals surface area contributed by atoms with Crippen LogP contribution in [0.2, 0.25) is 0 Å². The van der Waals surface area contributed by atoms with Crippen LogP contribution >= 0.6 is 0 Å². The van der Waals surface area contributed by atoms with Crippen LogP contribution in [0.15, 0.2) is 6.07 Å². The summed E-state index contributed by atoms with van der Waals surface area (Å²) in [5, 5.41) is 9.79. The van der Waals surface area contributed by atoms with E-state index in [1.807, 2.05) is 6.92 Å². The lowest BCUT2D eigenvalue weighted by atomic mass is 9.84. The highest BCUT2D eigenvalue weighted by Crippen LogP contribution is 2.23. The molecule has 1 aliphatic rings. The number of hydrogen-bond donors (Lipinski definition) is 3. The number of H-pyrrole nitrogens is 1. The molecule has 1 saturated carbocycles. The van der Waals surface area contributed by atoms with E-state index >= 15 is 0 Å². The summed E-state index contributed by atoms with van der Waals surface area (Å²) in [5.74, 6) is 0.312. The van der Waals surface area contributed by atoms with Crippen molar-refractivity contribution in [3.63, 3.8) is 0 Å². The van der Waals surface area contributed by atoms with Gasteiger partial charge in [-0.1, -0.05) is 12.8 Å². The lowest BCUT2D eigenvalue weighted by Gasteiger charge is -2.31. The van der Waals surface area contributed by atoms with Crippen LogP contribution in [0.5, 0.6) is 0 Å². The smallest absolute Gasteiger partial charge is 0.272 e. The molecule has 94 valence electrons. The Morgan fingerprint density at radius 3 is 3.00 bits per heavy atom. The summed E-state index contributed by atoms with van der Waals surface area (Å²) in [4.78, 5) is 12.0. The fourth-order valence-electron chi connectivity index (χ4n) is 2.46. The molecule has 5 nitrogen and oxygen atoms in total. The number of aromatic nitrogens is 2. The van der Waals surface area contributed by atoms with Gasteiger partial charge in [-0.25, -0.2) is 0 Å². The van der Waals surface area contributed by atoms with Crippen LogP contribution in [-0.4, -0.2) is 28.7 Å². The van der Waals surface area contributed by atoms with E-state index in [0.717, 1.165) is 18.5 Å². The maximum Gasteiger partial charge on any atom is 0.272 e. The molecule has 1 aromatic heterocycles. The van der Waals surface area contributed by atoms with E-state index in [1.165, 1.54) is 12.8 Å². The molecule has 2 unspecified atom stereocenters. The molecule has 0 spiro atoms. The number of carbonyl (C=O) groups is 1. The molecule has 0 aliphatic heterocycles. The average molecular weight is 236 g/mol. The molecule has 17 heavy (non-hydrogen) atoms. The Labute approximate surface area is 101 Å². The number of nitrogens with two attached hydrogens (primary N) is 1. The van der Waals surface area contributed by atoms with Crippen molar-refractivity contribution in [1.29, 1.82) is 0 Å². The van der Waals surface area contributed by atoms with E-state index in [4.69, 9.17) is 5.73 Å². The third-order valence-corrected chi connectivity index (χ3v) is 3.47. The standard InChI is InChI=1S/C12H20N4O/c1-8-6-11(16-15-8)12(17)14-10-5-3-2-4-9(10)7-13/h6,9-10H,2-5,7,13H2,1H3,(H,14,17)(H,15,16). The average Bonchev–Trinajstić information content (AvgIpc) is 2.77. The Balaban J connectivity index is 1.97. The number of hydrogen-bond acceptors (Lipinski definition) is 3. The van der Waals surface area contributed by atoms with Gasteiger partial charge in [0.05, 0.1) is 0 Å². The van der Waals surface area contributed by atoms with Crippen LogP contribution in [0.1, 0.15) is 41.9 Å². The molecule has 1 heterocycles. The normalized spacial score (nSPS) is 24.6. The van der Waals surface area contributed by atoms with Gasteiger partial charge in [-0.15, -0.1) is 0 Å². The van der Waals surface area contributed by atoms with Gasteiger partial charge < -0.3 is 11.1 Å². The lowest BCUT2D eigenvalue weighted by Crippen LogP contribution is -2.44. The summed E-state index contributed by atoms with van der Waals surface area (Å²) < 4.78 is 0. The topological polar surface area (TPSA) is 83.8 Å². The molecular weight excluding hydrogens is 216 g/mol. The van der Waals surface area contributed by atoms with Crippen molar-refractivity contribution in [2.24, 2.45) is 11.7 Å². The maximum absolute atomic E-state index is 12.0. The van der Waals surface area contributed by atoms with Crippen LogP contribution in [0.25, 0.3) is 0 Å². The highest BCUT2D eigenvalue weighted by atomic mass is 16.2. The first-order valence-corrected chi connectivity index (χ1v) is 6.23. The molecule has 0 saturated heterocycles. The van der Waals surface area contributed by atoms with Gasteiger partial charge in [0.2, 0.25) is 0 Å². The second-order valence-electron chi connectivity index (χ2n) is 4.80. The van der Waals surface area contributed by atoms with Gasteiger partial charge in [0, 0.05) is 11.7 Å². The van der Waals surface area contributed by atoms with Crippen molar-refractivity contribution in [3.05, 3.63) is 17.5 Å². The molecule has 1 fully saturated rings. The molecule has 0 aromatic carbocycles. The van der Waals surface area contributed by atoms with Crippen molar-refractivity contribution < 1.29 is 4.79 Å². The molecule has 0 bridgehead atoms. The molecule has 1 amide bonds. The molecule has 1 aromatic rings. The first-order chi connectivity index (χ1) is 8.20. The zero-order valence-electron chi connectivity index (χ0n) is 10.2. The van der Waals surface area contributed by atoms with Gasteiger partial charge in [-0.05, 0) is 38.3 Å². The van der Waals surface area contributed by atoms with Crippen molar-refractivity contribution in [2.75, 3.05) is 6.54 Å². The van der Waals surface area contributed by atoms with Crippen LogP contribution in [0, 0.1) is 12.8 Å². The number of nitrogens with zero attached hydrogens (tertiary/aromatic N) is 1. The highest BCUT2D eigenvalue weighted by molar-refractivity contribution is 5.92. The van der Waals surface area contributed by atoms with Crippen molar-refractivity contribution in [3.8, 4) is 0 Å². The van der Waals surface area contributed by atoms with Crippen LogP contribution in [0.4, 0.5) is 0 Å². The number of aryl methyl sites for hydroxylation is 1. The zero-order chi connectivity index (χ0) is 12.3. The quantitative estimate of drug-likeness (QED) is 0.731. The number of carbonyl (C=O) groups excluding carboxylic acids is 1. The van der Waals surface area contributed by atoms with Crippen molar-refractivity contribution in [2.45, 2.75) is 38.6 Å². The summed E-state index contributed by atoms with van der Waals surface area (Å²) in [7, 11) is 0. The van der Waals surface area contributed by atoms with E-state index in [1.54, 1.807) is 6.07 Å². The second-order valence-corrected chi connectivity index (χ2v) is 4.80. The monoisotopic (exact) mass is 236 g/mol. The van der Waals surface area contributed by atoms with E-state index < -0.39 is 0 Å². The van der Waals surface area contributed by atoms with Gasteiger partial charge in [-0.2, -0.15) is 5.10 Å². The minimum atomic E-state index is -0.0975. The largest absolute Gasteiger partial charge is 0.348 e. The fourth-order valence-corrected chi connectivity index (χ4v) is 2.46. The van der Waals surface area contributed by atoms with Gasteiger partial charge in [0.1, 0.15) is 5.69 Å². The summed E-state index contributed by atoms with van der Waals surface area (Å²) in [6.07, 6.45) is 4.52. The molecule has 2 atom stereocenters. The Morgan fingerprint density at radius 1 is 1.59 bits per heavy atom. The molecule has 0 radical (unpaired) electrons. The third kappa shape index (κ3) is 2.85. The van der Waals surface area contributed by atoms with E-state index in [-0.39, 0.29) is 11.9 Å². The first kappa shape index (κ1) is 12.1. The van der Waals surface area contributed by atoms with Gasteiger partial charge in [-0.3, -0.25) is 9.89 Å². The number of nitrogens with one attached hydrogen (secondary N) is 2. The molecule has 1 aliphatic carbocycles. The predicted molar refractivity (Wildman–Crippen MR) is 65.6 cm³/mol. The summed E-state index contributed by atoms with van der Waals surface area (Å²) in [5.41, 5.74) is 7.10. The SMILES string of the molecule is Cc1cc(C(=O)NC2CCCCC2CN)n[nH]1. The predicted octanol–water partition coefficient (Wildman–Crippen LogP) is 0.965. The van der Waals surface area contributed by atoms with Crippen molar-refractivity contribution >= 4 is 5.91 Å². The number of aromatic amines is 1. The summed E-state index contributed by atoms with van der Waals surface area (Å²) >= 11 is 0. The van der Waals surface area contributed by atoms with E-state index in [9.17, 15) is 4.79 Å². The summed E-state index contributed by atoms with van der Waals surface area (Å²) in [6.45, 7) is 2.53. The fraction of sp³-hybridized carbons (Fsp3) is 0.667. The molecule has 4 N–H and O–H groups in total. The summed E-state index contributed by atoms with van der Waals surface area (Å²) in [6, 6.07) is 1.97. The highest BCUT2D eigenvalue weighted by Gasteiger charge is 2.26. The minimum Gasteiger partial charge on any atom is -0.348 e. The molecular formula is C12H20N4O. The maximum atomic E-state index is 12.0. The van der Waals surface area contributed by atoms with Crippen LogP contribution in [-0.2, 0) is 0 Å². The van der Waals surface area contributed by atoms with Crippen molar-refractivity contribution in [1.82, 2.24) is 15.5 Å². The number of rotatable bonds is 3. The lowest BCUT2D eigenvalue weighted by molar-refractivity contribution is 0.0903. The zero-order valence-corrected chi connectivity index (χ0v) is 10.2. The van der Waals surface area contributed by atoms with Gasteiger partial charge in [0.15, 0.2) is 0 Å². The Kier molecular flexibility index (Phi) is 3.78.